The van der Waals surface area contributed by atoms with Gasteiger partial charge in [0.1, 0.15) is 11.6 Å². The summed E-state index contributed by atoms with van der Waals surface area (Å²) in [6.07, 6.45) is 2.96. The molecule has 94 valence electrons. The normalized spacial score (nSPS) is 15.7. The molecule has 0 radical (unpaired) electrons. The third-order valence-corrected chi connectivity index (χ3v) is 3.21. The summed E-state index contributed by atoms with van der Waals surface area (Å²) in [4.78, 5) is 11.1. The average molecular weight is 244 g/mol. The molecular weight excluding hydrogens is 228 g/mol. The van der Waals surface area contributed by atoms with Gasteiger partial charge >= 0.3 is 0 Å². The minimum absolute atomic E-state index is 0.819. The standard InChI is InChI=1S/C13H16N4O/c1-9-5-12(16-18-9)7-17-4-3-11-6-14-10(2)15-13(11)8-17/h5-6H,3-4,7-8H2,1-2H3. The minimum atomic E-state index is 0.819. The van der Waals surface area contributed by atoms with Crippen LogP contribution in [0.5, 0.6) is 0 Å². The Morgan fingerprint density at radius 1 is 1.39 bits per heavy atom. The van der Waals surface area contributed by atoms with Crippen molar-refractivity contribution in [2.75, 3.05) is 6.54 Å². The van der Waals surface area contributed by atoms with Gasteiger partial charge in [0.25, 0.3) is 0 Å². The fourth-order valence-electron chi connectivity index (χ4n) is 2.31. The smallest absolute Gasteiger partial charge is 0.133 e. The summed E-state index contributed by atoms with van der Waals surface area (Å²) in [5.41, 5.74) is 3.41. The van der Waals surface area contributed by atoms with Crippen LogP contribution in [0.4, 0.5) is 0 Å². The second-order valence-electron chi connectivity index (χ2n) is 4.78. The first kappa shape index (κ1) is 11.3. The molecule has 0 amide bonds. The summed E-state index contributed by atoms with van der Waals surface area (Å²) in [5.74, 6) is 1.70. The molecule has 0 unspecified atom stereocenters. The number of aryl methyl sites for hydroxylation is 2. The molecule has 1 aliphatic rings. The van der Waals surface area contributed by atoms with Gasteiger partial charge in [0.2, 0.25) is 0 Å². The van der Waals surface area contributed by atoms with Crippen molar-refractivity contribution in [3.8, 4) is 0 Å². The van der Waals surface area contributed by atoms with Crippen molar-refractivity contribution in [1.29, 1.82) is 0 Å². The fourth-order valence-corrected chi connectivity index (χ4v) is 2.31. The third-order valence-electron chi connectivity index (χ3n) is 3.21. The van der Waals surface area contributed by atoms with Crippen molar-refractivity contribution in [3.63, 3.8) is 0 Å². The van der Waals surface area contributed by atoms with Gasteiger partial charge in [-0.3, -0.25) is 4.90 Å². The maximum Gasteiger partial charge on any atom is 0.133 e. The SMILES string of the molecule is Cc1ncc2c(n1)CN(Cc1cc(C)on1)CC2. The van der Waals surface area contributed by atoms with E-state index < -0.39 is 0 Å². The zero-order chi connectivity index (χ0) is 12.5. The first-order chi connectivity index (χ1) is 8.70. The van der Waals surface area contributed by atoms with Gasteiger partial charge in [-0.1, -0.05) is 5.16 Å². The molecule has 5 heteroatoms. The molecule has 2 aromatic rings. The lowest BCUT2D eigenvalue weighted by Crippen LogP contribution is -2.31. The van der Waals surface area contributed by atoms with Crippen LogP contribution in [0.2, 0.25) is 0 Å². The zero-order valence-corrected chi connectivity index (χ0v) is 10.7. The number of nitrogens with zero attached hydrogens (tertiary/aromatic N) is 4. The van der Waals surface area contributed by atoms with Gasteiger partial charge in [-0.15, -0.1) is 0 Å². The van der Waals surface area contributed by atoms with Crippen molar-refractivity contribution >= 4 is 0 Å². The molecule has 0 atom stereocenters. The van der Waals surface area contributed by atoms with Gasteiger partial charge in [0.15, 0.2) is 0 Å². The van der Waals surface area contributed by atoms with E-state index in [0.29, 0.717) is 0 Å². The van der Waals surface area contributed by atoms with Gasteiger partial charge in [0, 0.05) is 31.9 Å². The van der Waals surface area contributed by atoms with E-state index in [9.17, 15) is 0 Å². The van der Waals surface area contributed by atoms with E-state index in [4.69, 9.17) is 4.52 Å². The summed E-state index contributed by atoms with van der Waals surface area (Å²) in [6.45, 7) is 6.55. The molecule has 3 rings (SSSR count). The van der Waals surface area contributed by atoms with Gasteiger partial charge in [0.05, 0.1) is 11.4 Å². The van der Waals surface area contributed by atoms with E-state index in [1.165, 1.54) is 5.56 Å². The molecule has 3 heterocycles. The van der Waals surface area contributed by atoms with Gasteiger partial charge in [-0.05, 0) is 25.8 Å². The molecule has 0 aliphatic carbocycles. The molecule has 18 heavy (non-hydrogen) atoms. The maximum atomic E-state index is 5.09. The minimum Gasteiger partial charge on any atom is -0.361 e. The van der Waals surface area contributed by atoms with Crippen LogP contribution in [0.25, 0.3) is 0 Å². The topological polar surface area (TPSA) is 55.1 Å². The molecule has 5 nitrogen and oxygen atoms in total. The van der Waals surface area contributed by atoms with Crippen LogP contribution < -0.4 is 0 Å². The Balaban J connectivity index is 1.74. The number of fused-ring (bicyclic) bond motifs is 1. The van der Waals surface area contributed by atoms with Crippen LogP contribution in [-0.2, 0) is 19.5 Å². The first-order valence-electron chi connectivity index (χ1n) is 6.16. The lowest BCUT2D eigenvalue weighted by Gasteiger charge is -2.26. The molecule has 1 aliphatic heterocycles. The van der Waals surface area contributed by atoms with E-state index in [2.05, 4.69) is 20.0 Å². The number of hydrogen-bond donors (Lipinski definition) is 0. The summed E-state index contributed by atoms with van der Waals surface area (Å²) in [5, 5.41) is 4.03. The van der Waals surface area contributed by atoms with Gasteiger partial charge < -0.3 is 4.52 Å². The van der Waals surface area contributed by atoms with E-state index >= 15 is 0 Å². The lowest BCUT2D eigenvalue weighted by atomic mass is 10.1. The average Bonchev–Trinajstić information content (AvgIpc) is 2.74. The Morgan fingerprint density at radius 3 is 3.06 bits per heavy atom. The second kappa shape index (κ2) is 4.49. The van der Waals surface area contributed by atoms with Crippen molar-refractivity contribution in [1.82, 2.24) is 20.0 Å². The van der Waals surface area contributed by atoms with Crippen molar-refractivity contribution in [2.24, 2.45) is 0 Å². The first-order valence-corrected chi connectivity index (χ1v) is 6.16. The van der Waals surface area contributed by atoms with Crippen LogP contribution in [0.3, 0.4) is 0 Å². The monoisotopic (exact) mass is 244 g/mol. The van der Waals surface area contributed by atoms with E-state index in [-0.39, 0.29) is 0 Å². The predicted octanol–water partition coefficient (Wildman–Crippen LogP) is 1.64. The molecule has 0 aromatic carbocycles. The molecule has 0 N–H and O–H groups in total. The van der Waals surface area contributed by atoms with E-state index in [1.54, 1.807) is 0 Å². The highest BCUT2D eigenvalue weighted by Gasteiger charge is 2.19. The summed E-state index contributed by atoms with van der Waals surface area (Å²) in [7, 11) is 0. The van der Waals surface area contributed by atoms with E-state index in [0.717, 1.165) is 49.0 Å². The van der Waals surface area contributed by atoms with Gasteiger partial charge in [-0.2, -0.15) is 0 Å². The summed E-state index contributed by atoms with van der Waals surface area (Å²) < 4.78 is 5.09. The number of aromatic nitrogens is 3. The van der Waals surface area contributed by atoms with Crippen LogP contribution in [-0.4, -0.2) is 26.6 Å². The van der Waals surface area contributed by atoms with Crippen molar-refractivity contribution in [2.45, 2.75) is 33.4 Å². The number of hydrogen-bond acceptors (Lipinski definition) is 5. The van der Waals surface area contributed by atoms with Crippen molar-refractivity contribution < 1.29 is 4.52 Å². The second-order valence-corrected chi connectivity index (χ2v) is 4.78. The van der Waals surface area contributed by atoms with Crippen LogP contribution in [0.1, 0.15) is 28.5 Å². The Labute approximate surface area is 106 Å². The quantitative estimate of drug-likeness (QED) is 0.803. The summed E-state index contributed by atoms with van der Waals surface area (Å²) in [6, 6.07) is 1.99. The fraction of sp³-hybridized carbons (Fsp3) is 0.462. The van der Waals surface area contributed by atoms with Crippen molar-refractivity contribution in [3.05, 3.63) is 40.8 Å². The molecule has 0 saturated carbocycles. The van der Waals surface area contributed by atoms with E-state index in [1.807, 2.05) is 26.1 Å². The molecular formula is C13H16N4O. The van der Waals surface area contributed by atoms with Crippen LogP contribution in [0.15, 0.2) is 16.8 Å². The Bertz CT molecular complexity index is 564. The highest BCUT2D eigenvalue weighted by atomic mass is 16.5. The Kier molecular flexibility index (Phi) is 2.83. The molecule has 0 spiro atoms. The molecule has 0 saturated heterocycles. The predicted molar refractivity (Wildman–Crippen MR) is 65.8 cm³/mol. The largest absolute Gasteiger partial charge is 0.361 e. The molecule has 2 aromatic heterocycles. The Hall–Kier alpha value is -1.75. The van der Waals surface area contributed by atoms with Crippen LogP contribution in [0, 0.1) is 13.8 Å². The summed E-state index contributed by atoms with van der Waals surface area (Å²) >= 11 is 0. The van der Waals surface area contributed by atoms with Gasteiger partial charge in [-0.25, -0.2) is 9.97 Å². The highest BCUT2D eigenvalue weighted by molar-refractivity contribution is 5.20. The molecule has 0 fully saturated rings. The lowest BCUT2D eigenvalue weighted by molar-refractivity contribution is 0.233. The highest BCUT2D eigenvalue weighted by Crippen LogP contribution is 2.18. The Morgan fingerprint density at radius 2 is 2.28 bits per heavy atom. The molecule has 0 bridgehead atoms. The maximum absolute atomic E-state index is 5.09. The zero-order valence-electron chi connectivity index (χ0n) is 10.7. The number of rotatable bonds is 2. The van der Waals surface area contributed by atoms with Crippen LogP contribution >= 0.6 is 0 Å². The third kappa shape index (κ3) is 2.26.